The van der Waals surface area contributed by atoms with E-state index in [1.807, 2.05) is 19.1 Å². The summed E-state index contributed by atoms with van der Waals surface area (Å²) in [4.78, 5) is 0. The Hall–Kier alpha value is -1.22. The Morgan fingerprint density at radius 1 is 1.39 bits per heavy atom. The number of benzene rings is 1. The minimum absolute atomic E-state index is 0.118. The van der Waals surface area contributed by atoms with E-state index < -0.39 is 0 Å². The van der Waals surface area contributed by atoms with E-state index in [2.05, 4.69) is 32.2 Å². The molecule has 1 heterocycles. The molecule has 0 spiro atoms. The first kappa shape index (κ1) is 13.2. The zero-order valence-corrected chi connectivity index (χ0v) is 11.7. The van der Waals surface area contributed by atoms with Crippen LogP contribution in [0.3, 0.4) is 0 Å². The van der Waals surface area contributed by atoms with Crippen LogP contribution in [0.25, 0.3) is 0 Å². The summed E-state index contributed by atoms with van der Waals surface area (Å²) >= 11 is 0. The maximum Gasteiger partial charge on any atom is 0.125 e. The maximum atomic E-state index is 6.03. The number of rotatable bonds is 4. The molecule has 100 valence electrons. The smallest absolute Gasteiger partial charge is 0.125 e. The SMILES string of the molecule is CCNC1CC(C)(C)Oc2ccc(OCC)cc21. The maximum absolute atomic E-state index is 6.03. The minimum atomic E-state index is -0.118. The van der Waals surface area contributed by atoms with Gasteiger partial charge < -0.3 is 14.8 Å². The molecule has 0 bridgehead atoms. The summed E-state index contributed by atoms with van der Waals surface area (Å²) in [6, 6.07) is 6.44. The Morgan fingerprint density at radius 3 is 2.83 bits per heavy atom. The van der Waals surface area contributed by atoms with E-state index in [1.54, 1.807) is 0 Å². The lowest BCUT2D eigenvalue weighted by molar-refractivity contribution is 0.0662. The first-order valence-electron chi connectivity index (χ1n) is 6.75. The van der Waals surface area contributed by atoms with E-state index in [0.29, 0.717) is 12.6 Å². The molecule has 0 aromatic heterocycles. The zero-order valence-electron chi connectivity index (χ0n) is 11.7. The molecule has 0 fully saturated rings. The molecule has 3 heteroatoms. The van der Waals surface area contributed by atoms with Crippen molar-refractivity contribution in [3.05, 3.63) is 23.8 Å². The summed E-state index contributed by atoms with van der Waals surface area (Å²) in [5, 5.41) is 3.53. The third kappa shape index (κ3) is 2.78. The second-order valence-corrected chi connectivity index (χ2v) is 5.31. The standard InChI is InChI=1S/C15H23NO2/c1-5-16-13-10-15(3,4)18-14-8-7-11(17-6-2)9-12(13)14/h7-9,13,16H,5-6,10H2,1-4H3. The highest BCUT2D eigenvalue weighted by atomic mass is 16.5. The van der Waals surface area contributed by atoms with Crippen molar-refractivity contribution in [2.24, 2.45) is 0 Å². The molecule has 1 aromatic rings. The van der Waals surface area contributed by atoms with Crippen molar-refractivity contribution in [2.45, 2.75) is 45.8 Å². The van der Waals surface area contributed by atoms with Crippen LogP contribution in [0.4, 0.5) is 0 Å². The second kappa shape index (κ2) is 5.19. The zero-order chi connectivity index (χ0) is 13.2. The topological polar surface area (TPSA) is 30.5 Å². The number of ether oxygens (including phenoxy) is 2. The van der Waals surface area contributed by atoms with Crippen molar-refractivity contribution in [2.75, 3.05) is 13.2 Å². The normalized spacial score (nSPS) is 21.0. The minimum Gasteiger partial charge on any atom is -0.494 e. The molecule has 3 nitrogen and oxygen atoms in total. The molecule has 2 rings (SSSR count). The molecular weight excluding hydrogens is 226 g/mol. The van der Waals surface area contributed by atoms with Crippen LogP contribution in [0, 0.1) is 0 Å². The van der Waals surface area contributed by atoms with Crippen LogP contribution >= 0.6 is 0 Å². The molecule has 18 heavy (non-hydrogen) atoms. The van der Waals surface area contributed by atoms with Gasteiger partial charge in [-0.3, -0.25) is 0 Å². The van der Waals surface area contributed by atoms with Gasteiger partial charge in [0.15, 0.2) is 0 Å². The summed E-state index contributed by atoms with van der Waals surface area (Å²) in [5.74, 6) is 1.89. The van der Waals surface area contributed by atoms with E-state index >= 15 is 0 Å². The van der Waals surface area contributed by atoms with Gasteiger partial charge >= 0.3 is 0 Å². The third-order valence-electron chi connectivity index (χ3n) is 3.20. The summed E-state index contributed by atoms with van der Waals surface area (Å²) in [7, 11) is 0. The van der Waals surface area contributed by atoms with Gasteiger partial charge in [-0.05, 0) is 45.5 Å². The molecule has 1 aromatic carbocycles. The van der Waals surface area contributed by atoms with Crippen LogP contribution in [0.15, 0.2) is 18.2 Å². The predicted molar refractivity (Wildman–Crippen MR) is 73.4 cm³/mol. The van der Waals surface area contributed by atoms with Crippen LogP contribution in [0.1, 0.15) is 45.7 Å². The molecule has 0 amide bonds. The number of hydrogen-bond acceptors (Lipinski definition) is 3. The van der Waals surface area contributed by atoms with Crippen molar-refractivity contribution in [1.29, 1.82) is 0 Å². The average Bonchev–Trinajstić information content (AvgIpc) is 2.29. The van der Waals surface area contributed by atoms with Crippen LogP contribution in [-0.4, -0.2) is 18.8 Å². The van der Waals surface area contributed by atoms with Gasteiger partial charge in [0, 0.05) is 18.0 Å². The van der Waals surface area contributed by atoms with E-state index in [-0.39, 0.29) is 5.60 Å². The van der Waals surface area contributed by atoms with Crippen LogP contribution in [0.5, 0.6) is 11.5 Å². The molecule has 1 N–H and O–H groups in total. The summed E-state index contributed by atoms with van der Waals surface area (Å²) in [6.07, 6.45) is 0.976. The fourth-order valence-corrected chi connectivity index (χ4v) is 2.52. The lowest BCUT2D eigenvalue weighted by Crippen LogP contribution is -2.39. The lowest BCUT2D eigenvalue weighted by Gasteiger charge is -2.38. The van der Waals surface area contributed by atoms with Crippen LogP contribution in [-0.2, 0) is 0 Å². The van der Waals surface area contributed by atoms with Crippen molar-refractivity contribution in [3.63, 3.8) is 0 Å². The lowest BCUT2D eigenvalue weighted by atomic mass is 9.89. The Bertz CT molecular complexity index is 415. The van der Waals surface area contributed by atoms with Crippen LogP contribution in [0.2, 0.25) is 0 Å². The number of nitrogens with one attached hydrogen (secondary N) is 1. The molecule has 0 aliphatic carbocycles. The van der Waals surface area contributed by atoms with Gasteiger partial charge in [0.05, 0.1) is 6.61 Å². The first-order valence-corrected chi connectivity index (χ1v) is 6.75. The highest BCUT2D eigenvalue weighted by Gasteiger charge is 2.33. The molecular formula is C15H23NO2. The number of fused-ring (bicyclic) bond motifs is 1. The Labute approximate surface area is 109 Å². The average molecular weight is 249 g/mol. The number of hydrogen-bond donors (Lipinski definition) is 1. The molecule has 1 aliphatic rings. The van der Waals surface area contributed by atoms with Crippen molar-refractivity contribution < 1.29 is 9.47 Å². The molecule has 1 unspecified atom stereocenters. The highest BCUT2D eigenvalue weighted by molar-refractivity contribution is 5.44. The fraction of sp³-hybridized carbons (Fsp3) is 0.600. The van der Waals surface area contributed by atoms with Gasteiger partial charge in [0.1, 0.15) is 17.1 Å². The second-order valence-electron chi connectivity index (χ2n) is 5.31. The van der Waals surface area contributed by atoms with Gasteiger partial charge in [-0.2, -0.15) is 0 Å². The van der Waals surface area contributed by atoms with Gasteiger partial charge in [-0.15, -0.1) is 0 Å². The molecule has 0 radical (unpaired) electrons. The summed E-state index contributed by atoms with van der Waals surface area (Å²) in [6.45, 7) is 10.1. The first-order chi connectivity index (χ1) is 8.55. The summed E-state index contributed by atoms with van der Waals surface area (Å²) < 4.78 is 11.6. The Kier molecular flexibility index (Phi) is 3.81. The van der Waals surface area contributed by atoms with E-state index in [0.717, 1.165) is 24.5 Å². The molecule has 1 atom stereocenters. The van der Waals surface area contributed by atoms with Gasteiger partial charge in [-0.1, -0.05) is 6.92 Å². The molecule has 0 saturated heterocycles. The van der Waals surface area contributed by atoms with E-state index in [9.17, 15) is 0 Å². The van der Waals surface area contributed by atoms with Crippen molar-refractivity contribution >= 4 is 0 Å². The monoisotopic (exact) mass is 249 g/mol. The highest BCUT2D eigenvalue weighted by Crippen LogP contribution is 2.40. The quantitative estimate of drug-likeness (QED) is 0.888. The Balaban J connectivity index is 2.33. The largest absolute Gasteiger partial charge is 0.494 e. The Morgan fingerprint density at radius 2 is 2.17 bits per heavy atom. The van der Waals surface area contributed by atoms with E-state index in [4.69, 9.17) is 9.47 Å². The van der Waals surface area contributed by atoms with Crippen molar-refractivity contribution in [1.82, 2.24) is 5.32 Å². The molecule has 1 aliphatic heterocycles. The van der Waals surface area contributed by atoms with Gasteiger partial charge in [0.2, 0.25) is 0 Å². The third-order valence-corrected chi connectivity index (χ3v) is 3.20. The van der Waals surface area contributed by atoms with Gasteiger partial charge in [0.25, 0.3) is 0 Å². The predicted octanol–water partition coefficient (Wildman–Crippen LogP) is 3.30. The van der Waals surface area contributed by atoms with E-state index in [1.165, 1.54) is 5.56 Å². The molecule has 0 saturated carbocycles. The summed E-state index contributed by atoms with van der Waals surface area (Å²) in [5.41, 5.74) is 1.09. The van der Waals surface area contributed by atoms with Crippen LogP contribution < -0.4 is 14.8 Å². The van der Waals surface area contributed by atoms with Crippen molar-refractivity contribution in [3.8, 4) is 11.5 Å². The van der Waals surface area contributed by atoms with Gasteiger partial charge in [-0.25, -0.2) is 0 Å². The fourth-order valence-electron chi connectivity index (χ4n) is 2.52.